The molecule has 0 saturated carbocycles. The van der Waals surface area contributed by atoms with E-state index in [0.717, 1.165) is 12.2 Å². The average Bonchev–Trinajstić information content (AvgIpc) is 2.67. The standard InChI is InChI=1S/C11H16F3N3.C2H6/c1-4-5-6-9(11(12,13)14)7-10-8(2)17(3)16-15-10;1-2/h5-7,15-16H,4H2,1-3H3;1-2H3/b6-5-,9-7+;. The van der Waals surface area contributed by atoms with Gasteiger partial charge >= 0.3 is 6.18 Å². The number of nitrogens with zero attached hydrogens (tertiary/aromatic N) is 1. The fourth-order valence-corrected chi connectivity index (χ4v) is 1.26. The van der Waals surface area contributed by atoms with Gasteiger partial charge in [-0.3, -0.25) is 5.01 Å². The highest BCUT2D eigenvalue weighted by atomic mass is 19.4. The molecule has 0 bridgehead atoms. The topological polar surface area (TPSA) is 27.3 Å². The lowest BCUT2D eigenvalue weighted by Crippen LogP contribution is -2.34. The second-order valence-electron chi connectivity index (χ2n) is 3.70. The summed E-state index contributed by atoms with van der Waals surface area (Å²) in [6.45, 7) is 7.52. The fraction of sp³-hybridized carbons (Fsp3) is 0.538. The number of nitrogens with one attached hydrogen (secondary N) is 2. The van der Waals surface area contributed by atoms with Gasteiger partial charge in [0.2, 0.25) is 0 Å². The van der Waals surface area contributed by atoms with Crippen LogP contribution in [-0.2, 0) is 0 Å². The van der Waals surface area contributed by atoms with Crippen LogP contribution in [0.1, 0.15) is 34.1 Å². The Morgan fingerprint density at radius 1 is 1.32 bits per heavy atom. The predicted octanol–water partition coefficient (Wildman–Crippen LogP) is 3.65. The van der Waals surface area contributed by atoms with E-state index in [1.807, 2.05) is 13.8 Å². The van der Waals surface area contributed by atoms with Crippen LogP contribution in [0.4, 0.5) is 13.2 Å². The monoisotopic (exact) mass is 277 g/mol. The van der Waals surface area contributed by atoms with Crippen molar-refractivity contribution in [2.24, 2.45) is 0 Å². The van der Waals surface area contributed by atoms with E-state index < -0.39 is 11.7 Å². The molecule has 110 valence electrons. The molecule has 1 rings (SSSR count). The Morgan fingerprint density at radius 2 is 1.89 bits per heavy atom. The van der Waals surface area contributed by atoms with Crippen LogP contribution in [-0.4, -0.2) is 18.2 Å². The third kappa shape index (κ3) is 5.38. The molecule has 1 aliphatic rings. The number of alkyl halides is 3. The summed E-state index contributed by atoms with van der Waals surface area (Å²) in [6, 6.07) is 0. The first kappa shape index (κ1) is 17.6. The second-order valence-corrected chi connectivity index (χ2v) is 3.70. The zero-order valence-corrected chi connectivity index (χ0v) is 12.0. The lowest BCUT2D eigenvalue weighted by Gasteiger charge is -2.09. The molecule has 2 N–H and O–H groups in total. The van der Waals surface area contributed by atoms with Gasteiger partial charge in [0.05, 0.1) is 17.0 Å². The van der Waals surface area contributed by atoms with Crippen molar-refractivity contribution in [2.75, 3.05) is 7.05 Å². The van der Waals surface area contributed by atoms with Crippen LogP contribution in [0.25, 0.3) is 0 Å². The van der Waals surface area contributed by atoms with E-state index in [2.05, 4.69) is 11.0 Å². The van der Waals surface area contributed by atoms with Crippen molar-refractivity contribution in [1.29, 1.82) is 0 Å². The second kappa shape index (κ2) is 7.89. The molecule has 1 aliphatic heterocycles. The van der Waals surface area contributed by atoms with Crippen molar-refractivity contribution >= 4 is 0 Å². The summed E-state index contributed by atoms with van der Waals surface area (Å²) in [6.07, 6.45) is -0.0988. The number of allylic oxidation sites excluding steroid dienone is 5. The van der Waals surface area contributed by atoms with Crippen molar-refractivity contribution in [3.63, 3.8) is 0 Å². The number of hydrazine groups is 2. The molecule has 0 amide bonds. The molecule has 0 aliphatic carbocycles. The number of hydrogen-bond acceptors (Lipinski definition) is 3. The third-order valence-electron chi connectivity index (χ3n) is 2.41. The Balaban J connectivity index is 0.00000154. The zero-order chi connectivity index (χ0) is 15.1. The molecule has 0 aromatic rings. The van der Waals surface area contributed by atoms with Gasteiger partial charge < -0.3 is 5.43 Å². The fourth-order valence-electron chi connectivity index (χ4n) is 1.26. The molecular formula is C13H22F3N3. The Hall–Kier alpha value is -1.43. The first-order valence-corrected chi connectivity index (χ1v) is 6.28. The van der Waals surface area contributed by atoms with Crippen LogP contribution in [0.15, 0.2) is 35.2 Å². The van der Waals surface area contributed by atoms with Gasteiger partial charge in [0.25, 0.3) is 0 Å². The Bertz CT molecular complexity index is 368. The molecule has 0 spiro atoms. The van der Waals surface area contributed by atoms with Gasteiger partial charge in [-0.25, -0.2) is 0 Å². The zero-order valence-electron chi connectivity index (χ0n) is 12.0. The van der Waals surface area contributed by atoms with Crippen LogP contribution >= 0.6 is 0 Å². The Morgan fingerprint density at radius 3 is 2.26 bits per heavy atom. The van der Waals surface area contributed by atoms with E-state index in [0.29, 0.717) is 17.8 Å². The van der Waals surface area contributed by atoms with E-state index in [1.54, 1.807) is 25.9 Å². The van der Waals surface area contributed by atoms with Gasteiger partial charge in [0.15, 0.2) is 0 Å². The van der Waals surface area contributed by atoms with Crippen molar-refractivity contribution in [3.8, 4) is 0 Å². The van der Waals surface area contributed by atoms with Gasteiger partial charge in [-0.15, -0.1) is 5.53 Å². The quantitative estimate of drug-likeness (QED) is 0.771. The van der Waals surface area contributed by atoms with Gasteiger partial charge in [-0.2, -0.15) is 13.2 Å². The van der Waals surface area contributed by atoms with Crippen LogP contribution in [0.5, 0.6) is 0 Å². The van der Waals surface area contributed by atoms with Gasteiger partial charge in [-0.1, -0.05) is 32.9 Å². The number of hydrogen-bond donors (Lipinski definition) is 2. The van der Waals surface area contributed by atoms with Crippen LogP contribution < -0.4 is 11.0 Å². The first-order chi connectivity index (χ1) is 8.86. The minimum absolute atomic E-state index is 0.417. The molecule has 0 aromatic carbocycles. The van der Waals surface area contributed by atoms with E-state index in [9.17, 15) is 13.2 Å². The highest BCUT2D eigenvalue weighted by molar-refractivity contribution is 5.35. The Labute approximate surface area is 112 Å². The maximum absolute atomic E-state index is 12.7. The first-order valence-electron chi connectivity index (χ1n) is 6.28. The molecule has 0 atom stereocenters. The largest absolute Gasteiger partial charge is 0.416 e. The normalized spacial score (nSPS) is 16.6. The van der Waals surface area contributed by atoms with E-state index >= 15 is 0 Å². The number of rotatable bonds is 3. The molecule has 0 aromatic heterocycles. The minimum atomic E-state index is -4.35. The van der Waals surface area contributed by atoms with Crippen molar-refractivity contribution in [1.82, 2.24) is 16.0 Å². The molecule has 0 unspecified atom stereocenters. The summed E-state index contributed by atoms with van der Waals surface area (Å²) in [7, 11) is 1.72. The minimum Gasteiger partial charge on any atom is -0.302 e. The van der Waals surface area contributed by atoms with Gasteiger partial charge in [0, 0.05) is 7.05 Å². The molecule has 0 saturated heterocycles. The highest BCUT2D eigenvalue weighted by Crippen LogP contribution is 2.28. The summed E-state index contributed by atoms with van der Waals surface area (Å²) >= 11 is 0. The van der Waals surface area contributed by atoms with Crippen molar-refractivity contribution in [3.05, 3.63) is 35.2 Å². The van der Waals surface area contributed by atoms with E-state index in [4.69, 9.17) is 0 Å². The Kier molecular flexibility index (Phi) is 7.29. The highest BCUT2D eigenvalue weighted by Gasteiger charge is 2.32. The van der Waals surface area contributed by atoms with Crippen LogP contribution in [0.3, 0.4) is 0 Å². The molecule has 0 radical (unpaired) electrons. The molecule has 19 heavy (non-hydrogen) atoms. The summed E-state index contributed by atoms with van der Waals surface area (Å²) in [4.78, 5) is 0. The molecule has 6 heteroatoms. The lowest BCUT2D eigenvalue weighted by atomic mass is 10.1. The van der Waals surface area contributed by atoms with E-state index in [1.165, 1.54) is 6.08 Å². The summed E-state index contributed by atoms with van der Waals surface area (Å²) in [5.41, 5.74) is 5.84. The molecule has 1 heterocycles. The van der Waals surface area contributed by atoms with Gasteiger partial charge in [0.1, 0.15) is 0 Å². The summed E-state index contributed by atoms with van der Waals surface area (Å²) in [5.74, 6) is 0. The maximum Gasteiger partial charge on any atom is 0.416 e. The van der Waals surface area contributed by atoms with Crippen LogP contribution in [0, 0.1) is 0 Å². The smallest absolute Gasteiger partial charge is 0.302 e. The maximum atomic E-state index is 12.7. The average molecular weight is 277 g/mol. The molecule has 3 nitrogen and oxygen atoms in total. The molecule has 0 fully saturated rings. The SMILES string of the molecule is CC.CC/C=C\C(=C/C1=C(C)N(C)NN1)C(F)(F)F. The van der Waals surface area contributed by atoms with Crippen molar-refractivity contribution < 1.29 is 13.2 Å². The summed E-state index contributed by atoms with van der Waals surface area (Å²) < 4.78 is 38.2. The van der Waals surface area contributed by atoms with Gasteiger partial charge in [-0.05, 0) is 19.4 Å². The number of halogens is 3. The van der Waals surface area contributed by atoms with E-state index in [-0.39, 0.29) is 0 Å². The molecular weight excluding hydrogens is 255 g/mol. The summed E-state index contributed by atoms with van der Waals surface area (Å²) in [5, 5.41) is 1.61. The van der Waals surface area contributed by atoms with Crippen molar-refractivity contribution in [2.45, 2.75) is 40.3 Å². The third-order valence-corrected chi connectivity index (χ3v) is 2.41. The predicted molar refractivity (Wildman–Crippen MR) is 71.7 cm³/mol. The lowest BCUT2D eigenvalue weighted by molar-refractivity contribution is -0.0882. The van der Waals surface area contributed by atoms with Crippen LogP contribution in [0.2, 0.25) is 0 Å².